The third-order valence-corrected chi connectivity index (χ3v) is 5.50. The highest BCUT2D eigenvalue weighted by Gasteiger charge is 2.19. The summed E-state index contributed by atoms with van der Waals surface area (Å²) in [6, 6.07) is 4.83. The maximum absolute atomic E-state index is 12.1. The van der Waals surface area contributed by atoms with Gasteiger partial charge in [0.05, 0.1) is 16.3 Å². The van der Waals surface area contributed by atoms with Gasteiger partial charge in [-0.3, -0.25) is 4.79 Å². The zero-order valence-electron chi connectivity index (χ0n) is 11.3. The van der Waals surface area contributed by atoms with Crippen LogP contribution in [0.25, 0.3) is 0 Å². The van der Waals surface area contributed by atoms with Crippen LogP contribution in [0.5, 0.6) is 0 Å². The molecule has 0 saturated heterocycles. The van der Waals surface area contributed by atoms with Gasteiger partial charge >= 0.3 is 0 Å². The number of amides is 1. The Balaban J connectivity index is 2.12. The van der Waals surface area contributed by atoms with Crippen LogP contribution in [0.1, 0.15) is 26.2 Å². The Hall–Kier alpha value is -1.05. The summed E-state index contributed by atoms with van der Waals surface area (Å²) in [5.74, 6) is 0.266. The average molecular weight is 314 g/mol. The number of nitrogens with one attached hydrogen (secondary N) is 2. The predicted molar refractivity (Wildman–Crippen MR) is 80.5 cm³/mol. The second-order valence-corrected chi connectivity index (χ2v) is 7.38. The van der Waals surface area contributed by atoms with Crippen LogP contribution < -0.4 is 10.0 Å². The van der Waals surface area contributed by atoms with Gasteiger partial charge in [-0.1, -0.05) is 19.8 Å². The minimum absolute atomic E-state index is 0.104. The number of fused-ring (bicyclic) bond motifs is 1. The van der Waals surface area contributed by atoms with E-state index >= 15 is 0 Å². The zero-order valence-corrected chi connectivity index (χ0v) is 12.9. The zero-order chi connectivity index (χ0) is 14.6. The lowest BCUT2D eigenvalue weighted by atomic mass is 10.3. The van der Waals surface area contributed by atoms with Crippen LogP contribution in [0.2, 0.25) is 0 Å². The van der Waals surface area contributed by atoms with Gasteiger partial charge < -0.3 is 5.32 Å². The van der Waals surface area contributed by atoms with Crippen molar-refractivity contribution in [2.45, 2.75) is 36.0 Å². The van der Waals surface area contributed by atoms with Crippen molar-refractivity contribution in [3.05, 3.63) is 18.2 Å². The Kier molecular flexibility index (Phi) is 5.06. The maximum Gasteiger partial charge on any atom is 0.240 e. The van der Waals surface area contributed by atoms with E-state index in [0.717, 1.165) is 24.2 Å². The first-order valence-corrected chi connectivity index (χ1v) is 9.06. The molecule has 0 bridgehead atoms. The molecule has 110 valence electrons. The van der Waals surface area contributed by atoms with Crippen LogP contribution in [0.4, 0.5) is 5.69 Å². The van der Waals surface area contributed by atoms with Crippen molar-refractivity contribution in [1.29, 1.82) is 0 Å². The molecule has 0 atom stereocenters. The lowest BCUT2D eigenvalue weighted by molar-refractivity contribution is -0.113. The van der Waals surface area contributed by atoms with E-state index in [0.29, 0.717) is 18.0 Å². The summed E-state index contributed by atoms with van der Waals surface area (Å²) in [4.78, 5) is 12.4. The summed E-state index contributed by atoms with van der Waals surface area (Å²) in [6.45, 7) is 2.51. The third kappa shape index (κ3) is 3.74. The van der Waals surface area contributed by atoms with Crippen LogP contribution in [-0.4, -0.2) is 26.6 Å². The molecule has 1 aromatic rings. The first-order valence-electron chi connectivity index (χ1n) is 6.59. The molecule has 1 aliphatic heterocycles. The Bertz CT molecular complexity index is 600. The molecule has 5 nitrogen and oxygen atoms in total. The number of unbranched alkanes of at least 4 members (excludes halogenated alkanes) is 2. The monoisotopic (exact) mass is 314 g/mol. The van der Waals surface area contributed by atoms with Crippen molar-refractivity contribution >= 4 is 33.4 Å². The van der Waals surface area contributed by atoms with Gasteiger partial charge in [-0.15, -0.1) is 11.8 Å². The third-order valence-electron chi connectivity index (χ3n) is 2.97. The van der Waals surface area contributed by atoms with Crippen molar-refractivity contribution in [3.8, 4) is 0 Å². The molecule has 1 amide bonds. The fraction of sp³-hybridized carbons (Fsp3) is 0.462. The average Bonchev–Trinajstić information content (AvgIpc) is 2.43. The maximum atomic E-state index is 12.1. The number of benzene rings is 1. The lowest BCUT2D eigenvalue weighted by Crippen LogP contribution is -2.25. The normalized spacial score (nSPS) is 14.8. The molecule has 1 aromatic carbocycles. The summed E-state index contributed by atoms with van der Waals surface area (Å²) < 4.78 is 26.8. The van der Waals surface area contributed by atoms with E-state index in [2.05, 4.69) is 17.0 Å². The number of carbonyl (C=O) groups excluding carboxylic acids is 1. The van der Waals surface area contributed by atoms with E-state index in [1.807, 2.05) is 0 Å². The highest BCUT2D eigenvalue weighted by Crippen LogP contribution is 2.32. The molecule has 0 spiro atoms. The number of carbonyl (C=O) groups is 1. The molecule has 2 rings (SSSR count). The summed E-state index contributed by atoms with van der Waals surface area (Å²) in [5, 5.41) is 2.70. The van der Waals surface area contributed by atoms with Crippen LogP contribution >= 0.6 is 11.8 Å². The van der Waals surface area contributed by atoms with Gasteiger partial charge in [0.1, 0.15) is 0 Å². The van der Waals surface area contributed by atoms with Crippen molar-refractivity contribution in [2.75, 3.05) is 17.6 Å². The molecule has 0 fully saturated rings. The quantitative estimate of drug-likeness (QED) is 0.789. The molecular formula is C13H18N2O3S2. The molecule has 2 N–H and O–H groups in total. The topological polar surface area (TPSA) is 75.3 Å². The van der Waals surface area contributed by atoms with Gasteiger partial charge in [0.25, 0.3) is 0 Å². The molecule has 0 aromatic heterocycles. The second-order valence-electron chi connectivity index (χ2n) is 4.60. The second kappa shape index (κ2) is 6.60. The van der Waals surface area contributed by atoms with Gasteiger partial charge in [-0.2, -0.15) is 0 Å². The molecule has 0 saturated carbocycles. The van der Waals surface area contributed by atoms with Crippen LogP contribution in [-0.2, 0) is 14.8 Å². The summed E-state index contributed by atoms with van der Waals surface area (Å²) >= 11 is 1.41. The number of anilines is 1. The number of hydrogen-bond donors (Lipinski definition) is 2. The molecule has 0 radical (unpaired) electrons. The summed E-state index contributed by atoms with van der Waals surface area (Å²) in [6.07, 6.45) is 2.87. The Morgan fingerprint density at radius 2 is 2.15 bits per heavy atom. The number of hydrogen-bond acceptors (Lipinski definition) is 4. The van der Waals surface area contributed by atoms with Gasteiger partial charge in [-0.25, -0.2) is 13.1 Å². The lowest BCUT2D eigenvalue weighted by Gasteiger charge is -2.17. The highest BCUT2D eigenvalue weighted by molar-refractivity contribution is 8.00. The van der Waals surface area contributed by atoms with E-state index in [1.165, 1.54) is 17.8 Å². The van der Waals surface area contributed by atoms with E-state index in [9.17, 15) is 13.2 Å². The Labute approximate surface area is 123 Å². The van der Waals surface area contributed by atoms with Crippen molar-refractivity contribution in [3.63, 3.8) is 0 Å². The fourth-order valence-corrected chi connectivity index (χ4v) is 3.78. The van der Waals surface area contributed by atoms with E-state index in [1.54, 1.807) is 12.1 Å². The molecule has 20 heavy (non-hydrogen) atoms. The number of thioether (sulfide) groups is 1. The SMILES string of the molecule is CCCCCNS(=O)(=O)c1ccc2c(c1)NC(=O)CS2. The highest BCUT2D eigenvalue weighted by atomic mass is 32.2. The fourth-order valence-electron chi connectivity index (χ4n) is 1.89. The Morgan fingerprint density at radius 1 is 1.35 bits per heavy atom. The number of sulfonamides is 1. The first kappa shape index (κ1) is 15.3. The van der Waals surface area contributed by atoms with Crippen LogP contribution in [0.15, 0.2) is 28.0 Å². The van der Waals surface area contributed by atoms with Crippen LogP contribution in [0, 0.1) is 0 Å². The van der Waals surface area contributed by atoms with Gasteiger partial charge in [-0.05, 0) is 24.6 Å². The minimum atomic E-state index is -3.50. The first-order chi connectivity index (χ1) is 9.53. The van der Waals surface area contributed by atoms with Gasteiger partial charge in [0.15, 0.2) is 0 Å². The van der Waals surface area contributed by atoms with Crippen molar-refractivity contribution < 1.29 is 13.2 Å². The molecule has 1 aliphatic rings. The summed E-state index contributed by atoms with van der Waals surface area (Å²) in [7, 11) is -3.50. The van der Waals surface area contributed by atoms with Crippen molar-refractivity contribution in [1.82, 2.24) is 4.72 Å². The van der Waals surface area contributed by atoms with Gasteiger partial charge in [0.2, 0.25) is 15.9 Å². The van der Waals surface area contributed by atoms with Crippen molar-refractivity contribution in [2.24, 2.45) is 0 Å². The molecular weight excluding hydrogens is 296 g/mol. The minimum Gasteiger partial charge on any atom is -0.324 e. The largest absolute Gasteiger partial charge is 0.324 e. The molecule has 7 heteroatoms. The van der Waals surface area contributed by atoms with Crippen LogP contribution in [0.3, 0.4) is 0 Å². The number of rotatable bonds is 6. The summed E-state index contributed by atoms with van der Waals surface area (Å²) in [5.41, 5.74) is 0.572. The smallest absolute Gasteiger partial charge is 0.240 e. The molecule has 1 heterocycles. The molecule has 0 aliphatic carbocycles. The van der Waals surface area contributed by atoms with Gasteiger partial charge in [0, 0.05) is 11.4 Å². The standard InChI is InChI=1S/C13H18N2O3S2/c1-2-3-4-7-14-20(17,18)10-5-6-12-11(8-10)15-13(16)9-19-12/h5-6,8,14H,2-4,7,9H2,1H3,(H,15,16). The predicted octanol–water partition coefficient (Wildman–Crippen LogP) is 2.20. The van der Waals surface area contributed by atoms with E-state index in [-0.39, 0.29) is 10.8 Å². The van der Waals surface area contributed by atoms with E-state index in [4.69, 9.17) is 0 Å². The van der Waals surface area contributed by atoms with E-state index < -0.39 is 10.0 Å². The molecule has 0 unspecified atom stereocenters. The Morgan fingerprint density at radius 3 is 2.90 bits per heavy atom.